The molecule has 0 bridgehead atoms. The van der Waals surface area contributed by atoms with Crippen molar-refractivity contribution in [3.63, 3.8) is 0 Å². The van der Waals surface area contributed by atoms with Crippen LogP contribution in [0.3, 0.4) is 0 Å². The van der Waals surface area contributed by atoms with Gasteiger partial charge in [0.25, 0.3) is 0 Å². The quantitative estimate of drug-likeness (QED) is 0.648. The van der Waals surface area contributed by atoms with Gasteiger partial charge < -0.3 is 4.42 Å². The molecular weight excluding hydrogens is 254 g/mol. The Morgan fingerprint density at radius 2 is 1.87 bits per heavy atom. The van der Waals surface area contributed by atoms with Gasteiger partial charge in [0.2, 0.25) is 5.71 Å². The molecule has 0 saturated carbocycles. The number of hydrogen-bond acceptors (Lipinski definition) is 1. The molecule has 0 aliphatic rings. The van der Waals surface area contributed by atoms with Crippen LogP contribution in [0.15, 0.2) is 57.7 Å². The highest BCUT2D eigenvalue weighted by Crippen LogP contribution is 2.26. The van der Waals surface area contributed by atoms with Crippen molar-refractivity contribution in [2.75, 3.05) is 0 Å². The Morgan fingerprint density at radius 1 is 1.07 bits per heavy atom. The summed E-state index contributed by atoms with van der Waals surface area (Å²) in [6.07, 6.45) is 2.01. The number of nitrogens with zero attached hydrogens (tertiary/aromatic N) is 1. The molecule has 15 heavy (non-hydrogen) atoms. The summed E-state index contributed by atoms with van der Waals surface area (Å²) < 4.78 is 8.36. The fraction of sp³-hybridized carbons (Fsp3) is 0. The third-order valence-electron chi connectivity index (χ3n) is 2.37. The zero-order valence-electron chi connectivity index (χ0n) is 7.85. The molecule has 0 fully saturated rings. The van der Waals surface area contributed by atoms with Crippen LogP contribution >= 0.6 is 15.9 Å². The first-order chi connectivity index (χ1) is 7.34. The molecule has 2 aromatic heterocycles. The minimum absolute atomic E-state index is 0.762. The Bertz CT molecular complexity index is 594. The minimum atomic E-state index is 0.762. The predicted molar refractivity (Wildman–Crippen MR) is 63.2 cm³/mol. The molecule has 0 aliphatic heterocycles. The van der Waals surface area contributed by atoms with Gasteiger partial charge in [0.1, 0.15) is 0 Å². The maximum absolute atomic E-state index is 5.57. The largest absolute Gasteiger partial charge is 0.432 e. The first-order valence-corrected chi connectivity index (χ1v) is 5.46. The standard InChI is InChI=1S/C12H8BrNO/c13-11-8-9-6-7-14(12(9)15-11)10-4-2-1-3-5-10/h1-8H. The topological polar surface area (TPSA) is 18.1 Å². The van der Waals surface area contributed by atoms with E-state index in [1.807, 2.05) is 41.1 Å². The van der Waals surface area contributed by atoms with Gasteiger partial charge in [-0.15, -0.1) is 0 Å². The van der Waals surface area contributed by atoms with Crippen LogP contribution < -0.4 is 0 Å². The van der Waals surface area contributed by atoms with E-state index in [-0.39, 0.29) is 0 Å². The number of hydrogen-bond donors (Lipinski definition) is 0. The van der Waals surface area contributed by atoms with Gasteiger partial charge in [0, 0.05) is 23.3 Å². The van der Waals surface area contributed by atoms with Gasteiger partial charge in [0.15, 0.2) is 4.67 Å². The van der Waals surface area contributed by atoms with Crippen LogP contribution in [0.2, 0.25) is 0 Å². The fourth-order valence-corrected chi connectivity index (χ4v) is 2.09. The van der Waals surface area contributed by atoms with E-state index >= 15 is 0 Å². The minimum Gasteiger partial charge on any atom is -0.432 e. The first-order valence-electron chi connectivity index (χ1n) is 4.66. The van der Waals surface area contributed by atoms with Crippen molar-refractivity contribution in [2.45, 2.75) is 0 Å². The number of halogens is 1. The Kier molecular flexibility index (Phi) is 1.92. The maximum Gasteiger partial charge on any atom is 0.212 e. The molecular formula is C12H8BrNO. The van der Waals surface area contributed by atoms with Crippen LogP contribution in [0.25, 0.3) is 16.8 Å². The molecule has 1 aromatic carbocycles. The number of aromatic nitrogens is 1. The molecule has 0 N–H and O–H groups in total. The number of furan rings is 1. The van der Waals surface area contributed by atoms with Gasteiger partial charge in [0.05, 0.1) is 0 Å². The van der Waals surface area contributed by atoms with Crippen molar-refractivity contribution >= 4 is 27.0 Å². The third kappa shape index (κ3) is 1.39. The van der Waals surface area contributed by atoms with Crippen molar-refractivity contribution in [1.82, 2.24) is 4.57 Å². The van der Waals surface area contributed by atoms with Crippen molar-refractivity contribution < 1.29 is 4.42 Å². The molecule has 74 valence electrons. The lowest BCUT2D eigenvalue weighted by molar-refractivity contribution is 0.567. The molecule has 0 aliphatic carbocycles. The summed E-state index contributed by atoms with van der Waals surface area (Å²) in [5.41, 5.74) is 1.97. The Balaban J connectivity index is 2.27. The van der Waals surface area contributed by atoms with Crippen molar-refractivity contribution in [2.24, 2.45) is 0 Å². The van der Waals surface area contributed by atoms with Gasteiger partial charge in [-0.1, -0.05) is 18.2 Å². The number of fused-ring (bicyclic) bond motifs is 1. The summed E-state index contributed by atoms with van der Waals surface area (Å²) >= 11 is 3.33. The number of rotatable bonds is 1. The van der Waals surface area contributed by atoms with Crippen molar-refractivity contribution in [1.29, 1.82) is 0 Å². The highest BCUT2D eigenvalue weighted by atomic mass is 79.9. The molecule has 3 aromatic rings. The summed E-state index contributed by atoms with van der Waals surface area (Å²) in [5.74, 6) is 0. The second kappa shape index (κ2) is 3.28. The van der Waals surface area contributed by atoms with E-state index in [0.29, 0.717) is 0 Å². The number of para-hydroxylation sites is 1. The van der Waals surface area contributed by atoms with Gasteiger partial charge in [-0.2, -0.15) is 0 Å². The summed E-state index contributed by atoms with van der Waals surface area (Å²) in [6.45, 7) is 0. The van der Waals surface area contributed by atoms with E-state index in [1.165, 1.54) is 0 Å². The van der Waals surface area contributed by atoms with Crippen LogP contribution in [-0.2, 0) is 0 Å². The van der Waals surface area contributed by atoms with E-state index in [9.17, 15) is 0 Å². The summed E-state index contributed by atoms with van der Waals surface area (Å²) in [7, 11) is 0. The molecule has 3 heteroatoms. The maximum atomic E-state index is 5.57. The molecule has 0 amide bonds. The highest BCUT2D eigenvalue weighted by Gasteiger charge is 2.07. The van der Waals surface area contributed by atoms with E-state index < -0.39 is 0 Å². The molecule has 0 atom stereocenters. The zero-order chi connectivity index (χ0) is 10.3. The summed E-state index contributed by atoms with van der Waals surface area (Å²) in [6, 6.07) is 14.1. The lowest BCUT2D eigenvalue weighted by Crippen LogP contribution is -1.89. The van der Waals surface area contributed by atoms with E-state index in [0.717, 1.165) is 21.5 Å². The Hall–Kier alpha value is -1.48. The lowest BCUT2D eigenvalue weighted by atomic mass is 10.3. The van der Waals surface area contributed by atoms with Crippen LogP contribution in [0, 0.1) is 0 Å². The summed E-state index contributed by atoms with van der Waals surface area (Å²) in [5, 5.41) is 1.10. The van der Waals surface area contributed by atoms with E-state index in [4.69, 9.17) is 4.42 Å². The van der Waals surface area contributed by atoms with Gasteiger partial charge >= 0.3 is 0 Å². The lowest BCUT2D eigenvalue weighted by Gasteiger charge is -2.01. The molecule has 0 saturated heterocycles. The summed E-state index contributed by atoms with van der Waals surface area (Å²) in [4.78, 5) is 0. The second-order valence-electron chi connectivity index (χ2n) is 3.33. The SMILES string of the molecule is Brc1cc2ccn(-c3ccccc3)c2o1. The first kappa shape index (κ1) is 8.80. The molecule has 3 rings (SSSR count). The van der Waals surface area contributed by atoms with E-state index in [1.54, 1.807) is 0 Å². The van der Waals surface area contributed by atoms with Crippen molar-refractivity contribution in [3.8, 4) is 5.69 Å². The highest BCUT2D eigenvalue weighted by molar-refractivity contribution is 9.10. The van der Waals surface area contributed by atoms with E-state index in [2.05, 4.69) is 28.1 Å². The van der Waals surface area contributed by atoms with Gasteiger partial charge in [-0.05, 0) is 34.1 Å². The number of benzene rings is 1. The van der Waals surface area contributed by atoms with Crippen LogP contribution in [0.5, 0.6) is 0 Å². The van der Waals surface area contributed by atoms with Crippen LogP contribution in [-0.4, -0.2) is 4.57 Å². The third-order valence-corrected chi connectivity index (χ3v) is 2.76. The molecule has 2 heterocycles. The smallest absolute Gasteiger partial charge is 0.212 e. The Morgan fingerprint density at radius 3 is 2.67 bits per heavy atom. The average molecular weight is 262 g/mol. The van der Waals surface area contributed by atoms with Crippen LogP contribution in [0.1, 0.15) is 0 Å². The second-order valence-corrected chi connectivity index (χ2v) is 4.11. The Labute approximate surface area is 95.3 Å². The monoisotopic (exact) mass is 261 g/mol. The molecule has 0 unspecified atom stereocenters. The predicted octanol–water partition coefficient (Wildman–Crippen LogP) is 3.99. The van der Waals surface area contributed by atoms with Crippen LogP contribution in [0.4, 0.5) is 0 Å². The fourth-order valence-electron chi connectivity index (χ4n) is 1.69. The normalized spacial score (nSPS) is 11.0. The van der Waals surface area contributed by atoms with Crippen molar-refractivity contribution in [3.05, 3.63) is 53.3 Å². The average Bonchev–Trinajstić information content (AvgIpc) is 2.77. The molecule has 0 spiro atoms. The van der Waals surface area contributed by atoms with Gasteiger partial charge in [-0.3, -0.25) is 4.57 Å². The van der Waals surface area contributed by atoms with Gasteiger partial charge in [-0.25, -0.2) is 0 Å². The molecule has 0 radical (unpaired) electrons. The zero-order valence-corrected chi connectivity index (χ0v) is 9.44. The molecule has 2 nitrogen and oxygen atoms in total.